The molecule has 0 N–H and O–H groups in total. The van der Waals surface area contributed by atoms with Crippen LogP contribution in [-0.2, 0) is 6.18 Å². The number of carbonyl (C=O) groups excluding carboxylic acids is 1. The Kier molecular flexibility index (Phi) is 4.34. The lowest BCUT2D eigenvalue weighted by molar-refractivity contribution is -0.137. The highest BCUT2D eigenvalue weighted by atomic mass is 35.5. The Bertz CT molecular complexity index is 467. The quantitative estimate of drug-likeness (QED) is 0.578. The molecule has 1 aromatic rings. The first-order valence-corrected chi connectivity index (χ1v) is 5.98. The molecule has 0 atom stereocenters. The van der Waals surface area contributed by atoms with Crippen molar-refractivity contribution in [3.8, 4) is 0 Å². The van der Waals surface area contributed by atoms with Crippen molar-refractivity contribution in [2.45, 2.75) is 20.0 Å². The highest BCUT2D eigenvalue weighted by molar-refractivity contribution is 6.34. The summed E-state index contributed by atoms with van der Waals surface area (Å²) in [5.74, 6) is -0.320. The van der Waals surface area contributed by atoms with Gasteiger partial charge in [-0.2, -0.15) is 13.2 Å². The summed E-state index contributed by atoms with van der Waals surface area (Å²) in [7, 11) is 0. The molecule has 1 aromatic carbocycles. The molecular weight excluding hydrogens is 288 g/mol. The zero-order valence-electron chi connectivity index (χ0n) is 9.74. The van der Waals surface area contributed by atoms with Gasteiger partial charge in [-0.1, -0.05) is 25.4 Å². The predicted octanol–water partition coefficient (Wildman–Crippen LogP) is 4.81. The monoisotopic (exact) mass is 298 g/mol. The summed E-state index contributed by atoms with van der Waals surface area (Å²) in [5.41, 5.74) is -1.70. The fraction of sp³-hybridized carbons (Fsp3) is 0.417. The molecule has 1 nitrogen and oxygen atoms in total. The molecule has 0 aromatic heterocycles. The third-order valence-electron chi connectivity index (χ3n) is 2.49. The van der Waals surface area contributed by atoms with E-state index in [1.165, 1.54) is 0 Å². The zero-order valence-corrected chi connectivity index (χ0v) is 11.2. The Labute approximate surface area is 113 Å². The van der Waals surface area contributed by atoms with Crippen LogP contribution in [0.2, 0.25) is 5.02 Å². The van der Waals surface area contributed by atoms with Gasteiger partial charge in [0.2, 0.25) is 0 Å². The number of halogens is 5. The molecule has 0 amide bonds. The number of hydrogen-bond acceptors (Lipinski definition) is 1. The second-order valence-electron chi connectivity index (χ2n) is 4.54. The Morgan fingerprint density at radius 3 is 2.22 bits per heavy atom. The van der Waals surface area contributed by atoms with Crippen LogP contribution in [0.5, 0.6) is 0 Å². The summed E-state index contributed by atoms with van der Waals surface area (Å²) in [6, 6.07) is 2.67. The molecule has 0 saturated carbocycles. The average Bonchev–Trinajstić information content (AvgIpc) is 2.26. The van der Waals surface area contributed by atoms with Crippen LogP contribution in [0.3, 0.4) is 0 Å². The van der Waals surface area contributed by atoms with Crippen LogP contribution >= 0.6 is 23.2 Å². The minimum absolute atomic E-state index is 0.0512. The Balaban J connectivity index is 3.19. The van der Waals surface area contributed by atoms with E-state index < -0.39 is 17.2 Å². The molecule has 1 rings (SSSR count). The second-order valence-corrected chi connectivity index (χ2v) is 5.21. The van der Waals surface area contributed by atoms with Crippen LogP contribution in [0.25, 0.3) is 0 Å². The van der Waals surface area contributed by atoms with Crippen molar-refractivity contribution < 1.29 is 18.0 Å². The van der Waals surface area contributed by atoms with Crippen molar-refractivity contribution in [1.82, 2.24) is 0 Å². The van der Waals surface area contributed by atoms with Gasteiger partial charge in [0, 0.05) is 16.9 Å². The van der Waals surface area contributed by atoms with Gasteiger partial charge in [-0.15, -0.1) is 11.6 Å². The number of benzene rings is 1. The lowest BCUT2D eigenvalue weighted by atomic mass is 9.86. The Morgan fingerprint density at radius 1 is 1.28 bits per heavy atom. The third-order valence-corrected chi connectivity index (χ3v) is 3.47. The molecule has 6 heteroatoms. The highest BCUT2D eigenvalue weighted by Crippen LogP contribution is 2.34. The maximum absolute atomic E-state index is 12.4. The van der Waals surface area contributed by atoms with Crippen LogP contribution in [0.4, 0.5) is 13.2 Å². The fourth-order valence-corrected chi connectivity index (χ4v) is 1.69. The van der Waals surface area contributed by atoms with Crippen molar-refractivity contribution in [1.29, 1.82) is 0 Å². The molecule has 100 valence electrons. The predicted molar refractivity (Wildman–Crippen MR) is 65.3 cm³/mol. The van der Waals surface area contributed by atoms with E-state index in [2.05, 4.69) is 0 Å². The number of ketones is 1. The minimum Gasteiger partial charge on any atom is -0.293 e. The first-order chi connectivity index (χ1) is 8.09. The summed E-state index contributed by atoms with van der Waals surface area (Å²) in [4.78, 5) is 12.0. The summed E-state index contributed by atoms with van der Waals surface area (Å²) in [5, 5.41) is -0.215. The SMILES string of the molecule is CC(C)(CCl)C(=O)c1ccc(C(F)(F)F)cc1Cl. The summed E-state index contributed by atoms with van der Waals surface area (Å²) in [6.07, 6.45) is -4.48. The van der Waals surface area contributed by atoms with Crippen LogP contribution in [0, 0.1) is 5.41 Å². The molecule has 0 heterocycles. The molecule has 0 fully saturated rings. The molecule has 0 aliphatic rings. The van der Waals surface area contributed by atoms with Gasteiger partial charge in [-0.05, 0) is 18.2 Å². The van der Waals surface area contributed by atoms with Crippen LogP contribution in [0.1, 0.15) is 29.8 Å². The van der Waals surface area contributed by atoms with Gasteiger partial charge in [0.1, 0.15) is 0 Å². The molecule has 0 aliphatic heterocycles. The van der Waals surface area contributed by atoms with Crippen molar-refractivity contribution in [2.24, 2.45) is 5.41 Å². The van der Waals surface area contributed by atoms with Gasteiger partial charge in [-0.25, -0.2) is 0 Å². The Morgan fingerprint density at radius 2 is 1.83 bits per heavy atom. The van der Waals surface area contributed by atoms with E-state index in [0.29, 0.717) is 0 Å². The van der Waals surface area contributed by atoms with Gasteiger partial charge >= 0.3 is 6.18 Å². The maximum atomic E-state index is 12.4. The van der Waals surface area contributed by atoms with Crippen LogP contribution in [0.15, 0.2) is 18.2 Å². The summed E-state index contributed by atoms with van der Waals surface area (Å²) in [6.45, 7) is 3.21. The molecular formula is C12H11Cl2F3O. The van der Waals surface area contributed by atoms with Gasteiger partial charge < -0.3 is 0 Å². The zero-order chi connectivity index (χ0) is 14.1. The van der Waals surface area contributed by atoms with Crippen LogP contribution < -0.4 is 0 Å². The molecule has 0 unspecified atom stereocenters. The number of rotatable bonds is 3. The maximum Gasteiger partial charge on any atom is 0.416 e. The molecule has 0 spiro atoms. The number of alkyl halides is 4. The lowest BCUT2D eigenvalue weighted by Crippen LogP contribution is -2.26. The smallest absolute Gasteiger partial charge is 0.293 e. The van der Waals surface area contributed by atoms with E-state index in [4.69, 9.17) is 23.2 Å². The number of carbonyl (C=O) groups is 1. The van der Waals surface area contributed by atoms with E-state index in [0.717, 1.165) is 18.2 Å². The average molecular weight is 299 g/mol. The highest BCUT2D eigenvalue weighted by Gasteiger charge is 2.33. The lowest BCUT2D eigenvalue weighted by Gasteiger charge is -2.20. The van der Waals surface area contributed by atoms with Crippen molar-refractivity contribution >= 4 is 29.0 Å². The van der Waals surface area contributed by atoms with Crippen molar-refractivity contribution in [3.63, 3.8) is 0 Å². The van der Waals surface area contributed by atoms with E-state index in [1.807, 2.05) is 0 Å². The normalized spacial score (nSPS) is 12.6. The van der Waals surface area contributed by atoms with Gasteiger partial charge in [0.05, 0.1) is 10.6 Å². The number of hydrogen-bond donors (Lipinski definition) is 0. The minimum atomic E-state index is -4.48. The first-order valence-electron chi connectivity index (χ1n) is 5.07. The second kappa shape index (κ2) is 5.10. The molecule has 0 bridgehead atoms. The van der Waals surface area contributed by atoms with Crippen molar-refractivity contribution in [3.05, 3.63) is 34.3 Å². The Hall–Kier alpha value is -0.740. The van der Waals surface area contributed by atoms with Crippen molar-refractivity contribution in [2.75, 3.05) is 5.88 Å². The number of Topliss-reactive ketones (excluding diaryl/α,β-unsaturated/α-hetero) is 1. The van der Waals surface area contributed by atoms with E-state index in [9.17, 15) is 18.0 Å². The molecule has 0 aliphatic carbocycles. The van der Waals surface area contributed by atoms with Gasteiger partial charge in [0.15, 0.2) is 5.78 Å². The molecule has 18 heavy (non-hydrogen) atoms. The largest absolute Gasteiger partial charge is 0.416 e. The summed E-state index contributed by atoms with van der Waals surface area (Å²) < 4.78 is 37.3. The third kappa shape index (κ3) is 3.18. The molecule has 0 radical (unpaired) electrons. The molecule has 0 saturated heterocycles. The standard InChI is InChI=1S/C12H11Cl2F3O/c1-11(2,6-13)10(18)8-4-3-7(5-9(8)14)12(15,16)17/h3-5H,6H2,1-2H3. The van der Waals surface area contributed by atoms with E-state index in [-0.39, 0.29) is 22.2 Å². The van der Waals surface area contributed by atoms with Crippen LogP contribution in [-0.4, -0.2) is 11.7 Å². The summed E-state index contributed by atoms with van der Waals surface area (Å²) >= 11 is 11.4. The topological polar surface area (TPSA) is 17.1 Å². The first kappa shape index (κ1) is 15.3. The van der Waals surface area contributed by atoms with Gasteiger partial charge in [0.25, 0.3) is 0 Å². The van der Waals surface area contributed by atoms with E-state index >= 15 is 0 Å². The van der Waals surface area contributed by atoms with Gasteiger partial charge in [-0.3, -0.25) is 4.79 Å². The fourth-order valence-electron chi connectivity index (χ4n) is 1.30. The van der Waals surface area contributed by atoms with E-state index in [1.54, 1.807) is 13.8 Å².